The predicted molar refractivity (Wildman–Crippen MR) is 67.5 cm³/mol. The Morgan fingerprint density at radius 2 is 2.10 bits per heavy atom. The molecule has 0 aromatic carbocycles. The fourth-order valence-corrected chi connectivity index (χ4v) is 2.82. The molecule has 7 nitrogen and oxygen atoms in total. The summed E-state index contributed by atoms with van der Waals surface area (Å²) in [6.07, 6.45) is -4.35. The second-order valence-electron chi connectivity index (χ2n) is 3.46. The quantitative estimate of drug-likeness (QED) is 0.700. The number of nitrogens with two attached hydrogens (primary N) is 1. The third-order valence-electron chi connectivity index (χ3n) is 1.74. The highest BCUT2D eigenvalue weighted by molar-refractivity contribution is 8.02. The third kappa shape index (κ3) is 6.06. The summed E-state index contributed by atoms with van der Waals surface area (Å²) in [5, 5.41) is 10.4. The van der Waals surface area contributed by atoms with Crippen LogP contribution in [0.4, 0.5) is 23.1 Å². The molecule has 0 aliphatic heterocycles. The van der Waals surface area contributed by atoms with Gasteiger partial charge in [-0.05, 0) is 6.92 Å². The van der Waals surface area contributed by atoms with Gasteiger partial charge in [-0.25, -0.2) is 4.79 Å². The van der Waals surface area contributed by atoms with Crippen LogP contribution in [0, 0.1) is 0 Å². The van der Waals surface area contributed by atoms with Crippen molar-refractivity contribution in [1.29, 1.82) is 0 Å². The molecule has 0 fully saturated rings. The lowest BCUT2D eigenvalue weighted by atomic mass is 10.4. The number of primary amides is 1. The maximum Gasteiger partial charge on any atom is 0.405 e. The summed E-state index contributed by atoms with van der Waals surface area (Å²) in [6, 6.07) is -0.979. The summed E-state index contributed by atoms with van der Waals surface area (Å²) >= 11 is 1.82. The minimum absolute atomic E-state index is 0.00710. The highest BCUT2D eigenvalue weighted by Crippen LogP contribution is 2.29. The van der Waals surface area contributed by atoms with Gasteiger partial charge in [-0.1, -0.05) is 23.1 Å². The van der Waals surface area contributed by atoms with E-state index in [1.54, 1.807) is 0 Å². The number of carbonyl (C=O) groups excluding carboxylic acids is 2. The maximum atomic E-state index is 12.0. The maximum absolute atomic E-state index is 12.0. The van der Waals surface area contributed by atoms with Crippen LogP contribution < -0.4 is 16.4 Å². The minimum Gasteiger partial charge on any atom is -0.351 e. The molecule has 112 valence electrons. The van der Waals surface area contributed by atoms with E-state index in [9.17, 15) is 22.8 Å². The Balaban J connectivity index is 2.51. The topological polar surface area (TPSA) is 110 Å². The number of nitrogens with one attached hydrogen (secondary N) is 2. The van der Waals surface area contributed by atoms with E-state index in [4.69, 9.17) is 5.73 Å². The number of urea groups is 1. The minimum atomic E-state index is -4.35. The average Bonchev–Trinajstić information content (AvgIpc) is 2.72. The smallest absolute Gasteiger partial charge is 0.351 e. The molecule has 0 aliphatic carbocycles. The van der Waals surface area contributed by atoms with Gasteiger partial charge in [0.1, 0.15) is 6.54 Å². The SMILES string of the molecule is CC(Sc1nnc(NCC(F)(F)F)s1)C(=O)NC(N)=O. The van der Waals surface area contributed by atoms with Gasteiger partial charge in [0.05, 0.1) is 5.25 Å². The Kier molecular flexibility index (Phi) is 5.56. The molecule has 1 heterocycles. The Morgan fingerprint density at radius 3 is 2.65 bits per heavy atom. The number of thioether (sulfide) groups is 1. The number of imide groups is 1. The third-order valence-corrected chi connectivity index (χ3v) is 3.80. The first-order valence-corrected chi connectivity index (χ1v) is 6.78. The van der Waals surface area contributed by atoms with Gasteiger partial charge in [-0.2, -0.15) is 13.2 Å². The average molecular weight is 329 g/mol. The van der Waals surface area contributed by atoms with E-state index in [0.717, 1.165) is 23.1 Å². The number of amides is 3. The van der Waals surface area contributed by atoms with Gasteiger partial charge in [0.15, 0.2) is 4.34 Å². The fourth-order valence-electron chi connectivity index (χ4n) is 0.932. The number of anilines is 1. The van der Waals surface area contributed by atoms with Gasteiger partial charge in [0.25, 0.3) is 0 Å². The second kappa shape index (κ2) is 6.74. The van der Waals surface area contributed by atoms with Crippen LogP contribution in [0.5, 0.6) is 0 Å². The standard InChI is InChI=1S/C8H10F3N5O2S2/c1-3(4(17)14-5(12)18)19-7-16-15-6(20-7)13-2-8(9,10)11/h3H,2H2,1H3,(H,13,15)(H3,12,14,17,18). The van der Waals surface area contributed by atoms with Crippen LogP contribution in [0.1, 0.15) is 6.92 Å². The van der Waals surface area contributed by atoms with Crippen molar-refractivity contribution in [2.45, 2.75) is 22.7 Å². The molecule has 1 atom stereocenters. The molecule has 0 aliphatic rings. The number of nitrogens with zero attached hydrogens (tertiary/aromatic N) is 2. The summed E-state index contributed by atoms with van der Waals surface area (Å²) in [7, 11) is 0. The Hall–Kier alpha value is -1.56. The van der Waals surface area contributed by atoms with Gasteiger partial charge in [0, 0.05) is 0 Å². The van der Waals surface area contributed by atoms with Crippen molar-refractivity contribution in [3.63, 3.8) is 0 Å². The molecule has 3 amide bonds. The normalized spacial score (nSPS) is 12.8. The first kappa shape index (κ1) is 16.5. The van der Waals surface area contributed by atoms with Crippen molar-refractivity contribution in [3.05, 3.63) is 0 Å². The lowest BCUT2D eigenvalue weighted by molar-refractivity contribution is -0.119. The van der Waals surface area contributed by atoms with Gasteiger partial charge in [0.2, 0.25) is 11.0 Å². The van der Waals surface area contributed by atoms with E-state index in [-0.39, 0.29) is 5.13 Å². The van der Waals surface area contributed by atoms with Crippen molar-refractivity contribution in [1.82, 2.24) is 15.5 Å². The summed E-state index contributed by atoms with van der Waals surface area (Å²) in [4.78, 5) is 21.9. The molecule has 1 rings (SSSR count). The van der Waals surface area contributed by atoms with Crippen molar-refractivity contribution >= 4 is 40.2 Å². The van der Waals surface area contributed by atoms with E-state index < -0.39 is 29.9 Å². The number of alkyl halides is 3. The molecular formula is C8H10F3N5O2S2. The van der Waals surface area contributed by atoms with Crippen LogP contribution >= 0.6 is 23.1 Å². The highest BCUT2D eigenvalue weighted by Gasteiger charge is 2.27. The van der Waals surface area contributed by atoms with E-state index in [1.807, 2.05) is 5.32 Å². The van der Waals surface area contributed by atoms with Crippen LogP contribution in [-0.2, 0) is 4.79 Å². The largest absolute Gasteiger partial charge is 0.405 e. The zero-order valence-electron chi connectivity index (χ0n) is 10.0. The summed E-state index contributed by atoms with van der Waals surface area (Å²) in [6.45, 7) is 0.275. The lowest BCUT2D eigenvalue weighted by Crippen LogP contribution is -2.39. The summed E-state index contributed by atoms with van der Waals surface area (Å²) < 4.78 is 36.2. The lowest BCUT2D eigenvalue weighted by Gasteiger charge is -2.07. The van der Waals surface area contributed by atoms with Crippen LogP contribution in [-0.4, -0.2) is 40.1 Å². The molecule has 0 saturated carbocycles. The van der Waals surface area contributed by atoms with Gasteiger partial charge < -0.3 is 11.1 Å². The van der Waals surface area contributed by atoms with Crippen LogP contribution in [0.15, 0.2) is 4.34 Å². The first-order valence-electron chi connectivity index (χ1n) is 5.08. The van der Waals surface area contributed by atoms with Crippen LogP contribution in [0.3, 0.4) is 0 Å². The Labute approximate surface area is 119 Å². The number of carbonyl (C=O) groups is 2. The molecule has 20 heavy (non-hydrogen) atoms. The van der Waals surface area contributed by atoms with Gasteiger partial charge in [-0.15, -0.1) is 10.2 Å². The van der Waals surface area contributed by atoms with Crippen molar-refractivity contribution < 1.29 is 22.8 Å². The molecule has 0 radical (unpaired) electrons. The zero-order valence-corrected chi connectivity index (χ0v) is 11.7. The zero-order chi connectivity index (χ0) is 15.3. The number of hydrogen-bond acceptors (Lipinski definition) is 7. The summed E-state index contributed by atoms with van der Waals surface area (Å²) in [5.41, 5.74) is 4.79. The molecule has 1 aromatic heterocycles. The van der Waals surface area contributed by atoms with Crippen molar-refractivity contribution in [3.8, 4) is 0 Å². The molecular weight excluding hydrogens is 319 g/mol. The Bertz CT molecular complexity index is 493. The molecule has 1 aromatic rings. The van der Waals surface area contributed by atoms with E-state index >= 15 is 0 Å². The number of hydrogen-bond donors (Lipinski definition) is 3. The van der Waals surface area contributed by atoms with Gasteiger partial charge >= 0.3 is 12.2 Å². The Morgan fingerprint density at radius 1 is 1.45 bits per heavy atom. The molecule has 4 N–H and O–H groups in total. The molecule has 0 spiro atoms. The van der Waals surface area contributed by atoms with E-state index in [0.29, 0.717) is 4.34 Å². The number of aromatic nitrogens is 2. The second-order valence-corrected chi connectivity index (χ2v) is 6.02. The van der Waals surface area contributed by atoms with E-state index in [2.05, 4.69) is 15.5 Å². The monoisotopic (exact) mass is 329 g/mol. The fraction of sp³-hybridized carbons (Fsp3) is 0.500. The molecule has 0 bridgehead atoms. The first-order chi connectivity index (χ1) is 9.17. The molecule has 1 unspecified atom stereocenters. The summed E-state index contributed by atoms with van der Waals surface area (Å²) in [5.74, 6) is -0.623. The van der Waals surface area contributed by atoms with Crippen LogP contribution in [0.2, 0.25) is 0 Å². The predicted octanol–water partition coefficient (Wildman–Crippen LogP) is 1.19. The van der Waals surface area contributed by atoms with Crippen LogP contribution in [0.25, 0.3) is 0 Å². The van der Waals surface area contributed by atoms with Crippen molar-refractivity contribution in [2.24, 2.45) is 5.73 Å². The molecule has 0 saturated heterocycles. The number of halogens is 3. The highest BCUT2D eigenvalue weighted by atomic mass is 32.2. The van der Waals surface area contributed by atoms with E-state index in [1.165, 1.54) is 6.92 Å². The van der Waals surface area contributed by atoms with Gasteiger partial charge in [-0.3, -0.25) is 10.1 Å². The molecule has 12 heteroatoms. The van der Waals surface area contributed by atoms with Crippen molar-refractivity contribution in [2.75, 3.05) is 11.9 Å². The number of rotatable bonds is 5.